The second kappa shape index (κ2) is 7.55. The van der Waals surface area contributed by atoms with E-state index in [0.717, 1.165) is 49.5 Å². The summed E-state index contributed by atoms with van der Waals surface area (Å²) >= 11 is 0. The minimum absolute atomic E-state index is 0.308. The average molecular weight is 363 g/mol. The summed E-state index contributed by atoms with van der Waals surface area (Å²) in [6.07, 6.45) is 3.67. The maximum atomic E-state index is 12.4. The summed E-state index contributed by atoms with van der Waals surface area (Å²) in [5, 5.41) is 0. The molecule has 0 unspecified atom stereocenters. The van der Waals surface area contributed by atoms with E-state index in [2.05, 4.69) is 59.4 Å². The Hall–Kier alpha value is -2.62. The Labute approximate surface area is 160 Å². The molecule has 2 aromatic carbocycles. The monoisotopic (exact) mass is 363 g/mol. The highest BCUT2D eigenvalue weighted by molar-refractivity contribution is 5.81. The fourth-order valence-corrected chi connectivity index (χ4v) is 3.96. The number of aromatic nitrogens is 2. The summed E-state index contributed by atoms with van der Waals surface area (Å²) < 4.78 is 10.1. The van der Waals surface area contributed by atoms with E-state index in [0.29, 0.717) is 18.7 Å². The normalized spacial score (nSPS) is 13.0. The van der Waals surface area contributed by atoms with E-state index in [-0.39, 0.29) is 0 Å². The van der Waals surface area contributed by atoms with Gasteiger partial charge in [-0.2, -0.15) is 0 Å². The van der Waals surface area contributed by atoms with E-state index in [9.17, 15) is 4.79 Å². The van der Waals surface area contributed by atoms with Crippen LogP contribution in [0.1, 0.15) is 43.1 Å². The summed E-state index contributed by atoms with van der Waals surface area (Å²) in [6, 6.07) is 14.9. The summed E-state index contributed by atoms with van der Waals surface area (Å²) in [4.78, 5) is 12.4. The third kappa shape index (κ3) is 3.48. The highest BCUT2D eigenvalue weighted by Gasteiger charge is 2.23. The molecule has 0 fully saturated rings. The van der Waals surface area contributed by atoms with Crippen molar-refractivity contribution in [3.05, 3.63) is 59.4 Å². The zero-order valence-corrected chi connectivity index (χ0v) is 16.2. The van der Waals surface area contributed by atoms with Gasteiger partial charge < -0.3 is 4.74 Å². The number of ketones is 1. The van der Waals surface area contributed by atoms with E-state index >= 15 is 0 Å². The zero-order chi connectivity index (χ0) is 18.8. The van der Waals surface area contributed by atoms with Gasteiger partial charge in [0.15, 0.2) is 16.8 Å². The number of hydrogen-bond donors (Lipinski definition) is 0. The van der Waals surface area contributed by atoms with Gasteiger partial charge in [-0.25, -0.2) is 9.13 Å². The molecule has 0 aliphatic carbocycles. The lowest BCUT2D eigenvalue weighted by atomic mass is 10.1. The lowest BCUT2D eigenvalue weighted by molar-refractivity contribution is -0.669. The van der Waals surface area contributed by atoms with Crippen molar-refractivity contribution < 1.29 is 14.1 Å². The molecule has 0 saturated carbocycles. The number of para-hydroxylation sites is 2. The highest BCUT2D eigenvalue weighted by Crippen LogP contribution is 2.26. The summed E-state index contributed by atoms with van der Waals surface area (Å²) in [5.74, 6) is 2.45. The smallest absolute Gasteiger partial charge is 0.254 e. The van der Waals surface area contributed by atoms with E-state index in [1.807, 2.05) is 6.07 Å². The van der Waals surface area contributed by atoms with Gasteiger partial charge in [0.1, 0.15) is 18.8 Å². The number of carbonyl (C=O) groups excluding carboxylic acids is 1. The molecular formula is C23H27N2O2+. The quantitative estimate of drug-likeness (QED) is 0.595. The predicted molar refractivity (Wildman–Crippen MR) is 106 cm³/mol. The topological polar surface area (TPSA) is 35.1 Å². The molecule has 2 heterocycles. The van der Waals surface area contributed by atoms with Crippen LogP contribution < -0.4 is 9.30 Å². The van der Waals surface area contributed by atoms with Gasteiger partial charge in [0.25, 0.3) is 5.82 Å². The van der Waals surface area contributed by atoms with E-state index in [1.54, 1.807) is 0 Å². The minimum atomic E-state index is 0.308. The maximum Gasteiger partial charge on any atom is 0.254 e. The number of imidazole rings is 1. The third-order valence-electron chi connectivity index (χ3n) is 5.48. The van der Waals surface area contributed by atoms with Gasteiger partial charge in [-0.1, -0.05) is 31.5 Å². The largest absolute Gasteiger partial charge is 0.493 e. The van der Waals surface area contributed by atoms with Gasteiger partial charge in [0.2, 0.25) is 0 Å². The van der Waals surface area contributed by atoms with Gasteiger partial charge in [0.05, 0.1) is 6.61 Å². The number of carbonyl (C=O) groups is 1. The van der Waals surface area contributed by atoms with Crippen molar-refractivity contribution in [1.82, 2.24) is 4.57 Å². The summed E-state index contributed by atoms with van der Waals surface area (Å²) in [6.45, 7) is 6.28. The van der Waals surface area contributed by atoms with Crippen LogP contribution in [-0.4, -0.2) is 17.0 Å². The fraction of sp³-hybridized carbons (Fsp3) is 0.391. The van der Waals surface area contributed by atoms with Crippen LogP contribution in [0.4, 0.5) is 0 Å². The standard InChI is InChI=1S/C23H27N2O2/c1-3-4-7-20(26)16-25-17(2)24(21-8-5-6-9-22(21)25)15-18-10-11-23-19(14-18)12-13-27-23/h5-6,8-11,14H,3-4,7,12-13,15-16H2,1-2H3/q+1. The molecule has 4 heteroatoms. The van der Waals surface area contributed by atoms with Crippen LogP contribution in [0.2, 0.25) is 0 Å². The average Bonchev–Trinajstić information content (AvgIpc) is 3.25. The Bertz CT molecular complexity index is 987. The maximum absolute atomic E-state index is 12.4. The van der Waals surface area contributed by atoms with Gasteiger partial charge >= 0.3 is 0 Å². The van der Waals surface area contributed by atoms with Crippen LogP contribution in [0.5, 0.6) is 5.75 Å². The molecule has 1 aliphatic heterocycles. The first-order valence-corrected chi connectivity index (χ1v) is 9.91. The van der Waals surface area contributed by atoms with E-state index < -0.39 is 0 Å². The van der Waals surface area contributed by atoms with Crippen molar-refractivity contribution in [2.75, 3.05) is 6.61 Å². The molecule has 140 valence electrons. The van der Waals surface area contributed by atoms with Crippen LogP contribution >= 0.6 is 0 Å². The highest BCUT2D eigenvalue weighted by atomic mass is 16.5. The number of unbranched alkanes of at least 4 members (excludes halogenated alkanes) is 1. The van der Waals surface area contributed by atoms with Gasteiger partial charge in [-0.15, -0.1) is 0 Å². The molecule has 0 N–H and O–H groups in total. The van der Waals surface area contributed by atoms with Crippen molar-refractivity contribution >= 4 is 16.8 Å². The number of rotatable bonds is 7. The number of ether oxygens (including phenoxy) is 1. The molecule has 4 nitrogen and oxygen atoms in total. The van der Waals surface area contributed by atoms with Crippen LogP contribution in [0.25, 0.3) is 11.0 Å². The number of benzene rings is 2. The molecule has 0 bridgehead atoms. The number of hydrogen-bond acceptors (Lipinski definition) is 2. The van der Waals surface area contributed by atoms with Crippen LogP contribution in [0.3, 0.4) is 0 Å². The fourth-order valence-electron chi connectivity index (χ4n) is 3.96. The Kier molecular flexibility index (Phi) is 4.97. The Morgan fingerprint density at radius 3 is 2.93 bits per heavy atom. The van der Waals surface area contributed by atoms with E-state index in [1.165, 1.54) is 16.6 Å². The van der Waals surface area contributed by atoms with Crippen LogP contribution in [-0.2, 0) is 24.3 Å². The van der Waals surface area contributed by atoms with Crippen molar-refractivity contribution in [2.45, 2.75) is 52.6 Å². The molecule has 1 aromatic heterocycles. The lowest BCUT2D eigenvalue weighted by Gasteiger charge is -2.04. The van der Waals surface area contributed by atoms with Gasteiger partial charge in [-0.3, -0.25) is 4.79 Å². The molecule has 0 spiro atoms. The summed E-state index contributed by atoms with van der Waals surface area (Å²) in [7, 11) is 0. The Morgan fingerprint density at radius 2 is 2.07 bits per heavy atom. The molecule has 0 amide bonds. The van der Waals surface area contributed by atoms with Gasteiger partial charge in [0, 0.05) is 19.8 Å². The lowest BCUT2D eigenvalue weighted by Crippen LogP contribution is -2.37. The molecule has 4 rings (SSSR count). The number of fused-ring (bicyclic) bond motifs is 2. The van der Waals surface area contributed by atoms with Crippen molar-refractivity contribution in [1.29, 1.82) is 0 Å². The number of Topliss-reactive ketones (excluding diaryl/α,β-unsaturated/α-hetero) is 1. The molecule has 0 atom stereocenters. The van der Waals surface area contributed by atoms with Crippen molar-refractivity contribution in [2.24, 2.45) is 0 Å². The molecule has 0 radical (unpaired) electrons. The molecule has 3 aromatic rings. The van der Waals surface area contributed by atoms with Crippen LogP contribution in [0.15, 0.2) is 42.5 Å². The van der Waals surface area contributed by atoms with Crippen molar-refractivity contribution in [3.63, 3.8) is 0 Å². The van der Waals surface area contributed by atoms with Crippen LogP contribution in [0, 0.1) is 6.92 Å². The van der Waals surface area contributed by atoms with Crippen molar-refractivity contribution in [3.8, 4) is 5.75 Å². The third-order valence-corrected chi connectivity index (χ3v) is 5.48. The second-order valence-electron chi connectivity index (χ2n) is 7.39. The molecule has 27 heavy (non-hydrogen) atoms. The Morgan fingerprint density at radius 1 is 1.22 bits per heavy atom. The predicted octanol–water partition coefficient (Wildman–Crippen LogP) is 3.98. The first-order chi connectivity index (χ1) is 13.2. The minimum Gasteiger partial charge on any atom is -0.493 e. The second-order valence-corrected chi connectivity index (χ2v) is 7.39. The summed E-state index contributed by atoms with van der Waals surface area (Å²) in [5.41, 5.74) is 4.87. The van der Waals surface area contributed by atoms with E-state index in [4.69, 9.17) is 4.74 Å². The first-order valence-electron chi connectivity index (χ1n) is 9.91. The Balaban J connectivity index is 1.68. The number of nitrogens with zero attached hydrogens (tertiary/aromatic N) is 2. The zero-order valence-electron chi connectivity index (χ0n) is 16.2. The first kappa shape index (κ1) is 17.8. The molecule has 0 saturated heterocycles. The van der Waals surface area contributed by atoms with Gasteiger partial charge in [-0.05, 0) is 41.8 Å². The molecule has 1 aliphatic rings. The SMILES string of the molecule is CCCCC(=O)Cn1c(C)[n+](Cc2ccc3c(c2)CCO3)c2ccccc21. The molecular weight excluding hydrogens is 336 g/mol.